The van der Waals surface area contributed by atoms with Gasteiger partial charge in [0.2, 0.25) is 0 Å². The molecule has 5 nitrogen and oxygen atoms in total. The molecule has 0 N–H and O–H groups in total. The molecule has 1 aromatic carbocycles. The Morgan fingerprint density at radius 1 is 1.32 bits per heavy atom. The molecular weight excluding hydrogens is 282 g/mol. The fourth-order valence-electron chi connectivity index (χ4n) is 1.03. The second kappa shape index (κ2) is 7.39. The van der Waals surface area contributed by atoms with Crippen LogP contribution >= 0.6 is 12.0 Å². The van der Waals surface area contributed by atoms with Crippen LogP contribution in [0.25, 0.3) is 0 Å². The predicted octanol–water partition coefficient (Wildman–Crippen LogP) is 2.98. The number of esters is 1. The number of hydrogen-bond acceptors (Lipinski definition) is 6. The van der Waals surface area contributed by atoms with Gasteiger partial charge in [-0.25, -0.2) is 9.68 Å². The lowest BCUT2D eigenvalue weighted by Crippen LogP contribution is -2.32. The van der Waals surface area contributed by atoms with Gasteiger partial charge in [-0.3, -0.25) is 0 Å². The van der Waals surface area contributed by atoms with E-state index in [0.29, 0.717) is 0 Å². The van der Waals surface area contributed by atoms with Crippen LogP contribution in [0.4, 0.5) is 8.78 Å². The lowest BCUT2D eigenvalue weighted by atomic mass is 10.2. The molecule has 0 spiro atoms. The average Bonchev–Trinajstić information content (AvgIpc) is 2.39. The van der Waals surface area contributed by atoms with E-state index in [4.69, 9.17) is 0 Å². The summed E-state index contributed by atoms with van der Waals surface area (Å²) in [5.74, 6) is -0.846. The highest BCUT2D eigenvalue weighted by molar-refractivity contribution is 7.95. The molecule has 19 heavy (non-hydrogen) atoms. The number of halogens is 2. The first-order valence-electron chi connectivity index (χ1n) is 5.16. The number of carbonyl (C=O) groups is 1. The van der Waals surface area contributed by atoms with Gasteiger partial charge in [0.15, 0.2) is 6.10 Å². The third kappa shape index (κ3) is 5.11. The number of rotatable bonds is 7. The maximum absolute atomic E-state index is 13.4. The molecule has 0 fully saturated rings. The van der Waals surface area contributed by atoms with Crippen molar-refractivity contribution in [2.24, 2.45) is 0 Å². The van der Waals surface area contributed by atoms with E-state index in [9.17, 15) is 13.6 Å². The Morgan fingerprint density at radius 2 is 1.95 bits per heavy atom. The minimum absolute atomic E-state index is 0.184. The number of carbonyl (C=O) groups excluding carboxylic acids is 1. The summed E-state index contributed by atoms with van der Waals surface area (Å²) < 4.78 is 35.5. The summed E-state index contributed by atoms with van der Waals surface area (Å²) in [7, 11) is 1.09. The van der Waals surface area contributed by atoms with Crippen LogP contribution in [-0.2, 0) is 19.0 Å². The van der Waals surface area contributed by atoms with Crippen LogP contribution in [-0.4, -0.2) is 24.4 Å². The molecule has 0 aliphatic rings. The van der Waals surface area contributed by atoms with Gasteiger partial charge < -0.3 is 4.74 Å². The smallest absolute Gasteiger partial charge is 0.356 e. The normalized spacial score (nSPS) is 13.1. The molecule has 0 amide bonds. The van der Waals surface area contributed by atoms with Gasteiger partial charge in [0, 0.05) is 0 Å². The molecule has 0 saturated heterocycles. The molecule has 0 aromatic heterocycles. The third-order valence-corrected chi connectivity index (χ3v) is 2.69. The van der Waals surface area contributed by atoms with E-state index in [-0.39, 0.29) is 17.6 Å². The SMILES string of the molecule is COOOSC(F)(F)C(C)OC(=O)c1ccccc1. The van der Waals surface area contributed by atoms with Crippen molar-refractivity contribution in [2.45, 2.75) is 18.3 Å². The first-order chi connectivity index (χ1) is 8.97. The van der Waals surface area contributed by atoms with Crippen LogP contribution in [0, 0.1) is 0 Å². The van der Waals surface area contributed by atoms with Crippen LogP contribution in [0.1, 0.15) is 17.3 Å². The highest BCUT2D eigenvalue weighted by Crippen LogP contribution is 2.35. The van der Waals surface area contributed by atoms with Gasteiger partial charge in [0.05, 0.1) is 12.7 Å². The lowest BCUT2D eigenvalue weighted by molar-refractivity contribution is -0.448. The molecule has 0 aliphatic carbocycles. The van der Waals surface area contributed by atoms with E-state index in [1.807, 2.05) is 0 Å². The van der Waals surface area contributed by atoms with Crippen LogP contribution in [0.5, 0.6) is 0 Å². The Labute approximate surface area is 112 Å². The van der Waals surface area contributed by atoms with Crippen molar-refractivity contribution in [3.05, 3.63) is 35.9 Å². The fraction of sp³-hybridized carbons (Fsp3) is 0.364. The number of benzene rings is 1. The Hall–Kier alpha value is -1.22. The first kappa shape index (κ1) is 15.8. The average molecular weight is 294 g/mol. The summed E-state index contributed by atoms with van der Waals surface area (Å²) in [6.45, 7) is 1.05. The Kier molecular flexibility index (Phi) is 6.16. The zero-order chi connectivity index (χ0) is 14.3. The largest absolute Gasteiger partial charge is 0.452 e. The number of alkyl halides is 2. The van der Waals surface area contributed by atoms with Crippen LogP contribution < -0.4 is 0 Å². The first-order valence-corrected chi connectivity index (χ1v) is 5.90. The highest BCUT2D eigenvalue weighted by atomic mass is 32.2. The molecule has 1 rings (SSSR count). The molecular formula is C11H12F2O5S. The van der Waals surface area contributed by atoms with Gasteiger partial charge >= 0.3 is 11.2 Å². The fourth-order valence-corrected chi connectivity index (χ4v) is 1.38. The molecule has 106 valence electrons. The summed E-state index contributed by atoms with van der Waals surface area (Å²) >= 11 is -0.309. The summed E-state index contributed by atoms with van der Waals surface area (Å²) in [5.41, 5.74) is 0.184. The van der Waals surface area contributed by atoms with Gasteiger partial charge in [-0.15, -0.1) is 4.33 Å². The quantitative estimate of drug-likeness (QED) is 0.253. The predicted molar refractivity (Wildman–Crippen MR) is 63.0 cm³/mol. The Bertz CT molecular complexity index is 401. The van der Waals surface area contributed by atoms with Gasteiger partial charge in [0.25, 0.3) is 0 Å². The third-order valence-electron chi connectivity index (χ3n) is 2.01. The van der Waals surface area contributed by atoms with Crippen molar-refractivity contribution in [2.75, 3.05) is 7.11 Å². The molecule has 1 unspecified atom stereocenters. The number of ether oxygens (including phenoxy) is 1. The standard InChI is InChI=1S/C11H12F2O5S/c1-8(11(12,13)19-18-17-15-2)16-10(14)9-6-4-3-5-7-9/h3-8H,1-2H3. The molecule has 0 aliphatic heterocycles. The number of hydrogen-bond donors (Lipinski definition) is 0. The highest BCUT2D eigenvalue weighted by Gasteiger charge is 2.42. The molecule has 0 heterocycles. The van der Waals surface area contributed by atoms with E-state index in [2.05, 4.69) is 19.0 Å². The van der Waals surface area contributed by atoms with Crippen molar-refractivity contribution in [1.29, 1.82) is 0 Å². The van der Waals surface area contributed by atoms with Gasteiger partial charge in [-0.1, -0.05) is 23.2 Å². The van der Waals surface area contributed by atoms with Crippen molar-refractivity contribution in [1.82, 2.24) is 0 Å². The van der Waals surface area contributed by atoms with Gasteiger partial charge in [0.1, 0.15) is 12.0 Å². The summed E-state index contributed by atoms with van der Waals surface area (Å²) in [6.07, 6.45) is -1.70. The van der Waals surface area contributed by atoms with E-state index in [1.165, 1.54) is 12.1 Å². The monoisotopic (exact) mass is 294 g/mol. The van der Waals surface area contributed by atoms with Crippen molar-refractivity contribution in [3.8, 4) is 0 Å². The zero-order valence-electron chi connectivity index (χ0n) is 10.2. The topological polar surface area (TPSA) is 54.0 Å². The van der Waals surface area contributed by atoms with Crippen molar-refractivity contribution in [3.63, 3.8) is 0 Å². The minimum Gasteiger partial charge on any atom is -0.452 e. The summed E-state index contributed by atoms with van der Waals surface area (Å²) in [6, 6.07) is 7.82. The Balaban J connectivity index is 2.53. The maximum Gasteiger partial charge on any atom is 0.356 e. The van der Waals surface area contributed by atoms with Gasteiger partial charge in [-0.2, -0.15) is 8.78 Å². The molecule has 0 saturated carbocycles. The maximum atomic E-state index is 13.4. The van der Waals surface area contributed by atoms with E-state index in [0.717, 1.165) is 14.0 Å². The van der Waals surface area contributed by atoms with Gasteiger partial charge in [-0.05, 0) is 19.1 Å². The second-order valence-electron chi connectivity index (χ2n) is 3.36. The van der Waals surface area contributed by atoms with Crippen molar-refractivity contribution < 1.29 is 32.6 Å². The van der Waals surface area contributed by atoms with Crippen LogP contribution in [0.2, 0.25) is 0 Å². The minimum atomic E-state index is -3.48. The van der Waals surface area contributed by atoms with E-state index >= 15 is 0 Å². The molecule has 0 bridgehead atoms. The summed E-state index contributed by atoms with van der Waals surface area (Å²) in [5, 5.41) is 0.368. The van der Waals surface area contributed by atoms with E-state index < -0.39 is 17.3 Å². The summed E-state index contributed by atoms with van der Waals surface area (Å²) in [4.78, 5) is 15.6. The molecule has 0 radical (unpaired) electrons. The second-order valence-corrected chi connectivity index (χ2v) is 4.21. The van der Waals surface area contributed by atoms with E-state index in [1.54, 1.807) is 18.2 Å². The van der Waals surface area contributed by atoms with Crippen LogP contribution in [0.3, 0.4) is 0 Å². The van der Waals surface area contributed by atoms with Crippen LogP contribution in [0.15, 0.2) is 30.3 Å². The molecule has 1 atom stereocenters. The molecule has 8 heteroatoms. The molecule has 1 aromatic rings. The van der Waals surface area contributed by atoms with Crippen molar-refractivity contribution >= 4 is 18.0 Å². The Morgan fingerprint density at radius 3 is 2.53 bits per heavy atom. The lowest BCUT2D eigenvalue weighted by Gasteiger charge is -2.21. The zero-order valence-corrected chi connectivity index (χ0v) is 11.0.